The van der Waals surface area contributed by atoms with E-state index in [9.17, 15) is 10.2 Å². The predicted molar refractivity (Wildman–Crippen MR) is 90.1 cm³/mol. The summed E-state index contributed by atoms with van der Waals surface area (Å²) in [5.41, 5.74) is 1.62. The third-order valence-corrected chi connectivity index (χ3v) is 4.46. The molecule has 1 aromatic heterocycles. The molecule has 0 fully saturated rings. The average Bonchev–Trinajstić information content (AvgIpc) is 2.98. The minimum absolute atomic E-state index is 0.166. The first-order valence-corrected chi connectivity index (χ1v) is 7.89. The fourth-order valence-electron chi connectivity index (χ4n) is 1.75. The highest BCUT2D eigenvalue weighted by Gasteiger charge is 2.08. The van der Waals surface area contributed by atoms with Crippen molar-refractivity contribution in [3.63, 3.8) is 0 Å². The van der Waals surface area contributed by atoms with Gasteiger partial charge in [0.15, 0.2) is 11.5 Å². The Bertz CT molecular complexity index is 848. The Hall–Kier alpha value is -2.25. The van der Waals surface area contributed by atoms with Crippen molar-refractivity contribution in [1.29, 1.82) is 0 Å². The number of aromatic hydroxyl groups is 2. The molecule has 0 aliphatic rings. The predicted octanol–water partition coefficient (Wildman–Crippen LogP) is 4.13. The second-order valence-electron chi connectivity index (χ2n) is 4.37. The Morgan fingerprint density at radius 3 is 2.64 bits per heavy atom. The average molecular weight is 376 g/mol. The number of nitrogens with zero attached hydrogens (tertiary/aromatic N) is 3. The van der Waals surface area contributed by atoms with E-state index in [1.165, 1.54) is 23.5 Å². The zero-order chi connectivity index (χ0) is 15.5. The molecule has 5 nitrogen and oxygen atoms in total. The SMILES string of the molecule is Oc1ccc(-c2nnc(N=Cc3ccccc3Br)s2)cc1O. The highest BCUT2D eigenvalue weighted by atomic mass is 79.9. The highest BCUT2D eigenvalue weighted by molar-refractivity contribution is 9.10. The fourth-order valence-corrected chi connectivity index (χ4v) is 2.82. The summed E-state index contributed by atoms with van der Waals surface area (Å²) in [6.07, 6.45) is 1.71. The summed E-state index contributed by atoms with van der Waals surface area (Å²) in [6, 6.07) is 12.3. The zero-order valence-electron chi connectivity index (χ0n) is 11.1. The first kappa shape index (κ1) is 14.7. The normalized spacial score (nSPS) is 11.1. The van der Waals surface area contributed by atoms with Crippen molar-refractivity contribution in [2.24, 2.45) is 4.99 Å². The van der Waals surface area contributed by atoms with Gasteiger partial charge < -0.3 is 10.2 Å². The summed E-state index contributed by atoms with van der Waals surface area (Å²) in [5.74, 6) is -0.355. The number of aliphatic imine (C=N–C) groups is 1. The number of phenols is 2. The molecule has 2 N–H and O–H groups in total. The van der Waals surface area contributed by atoms with Crippen molar-refractivity contribution in [1.82, 2.24) is 10.2 Å². The molecule has 22 heavy (non-hydrogen) atoms. The monoisotopic (exact) mass is 375 g/mol. The van der Waals surface area contributed by atoms with Gasteiger partial charge in [0.2, 0.25) is 5.13 Å². The maximum absolute atomic E-state index is 9.52. The summed E-state index contributed by atoms with van der Waals surface area (Å²) < 4.78 is 0.951. The third-order valence-electron chi connectivity index (χ3n) is 2.86. The van der Waals surface area contributed by atoms with Crippen LogP contribution < -0.4 is 0 Å². The first-order chi connectivity index (χ1) is 10.6. The van der Waals surface area contributed by atoms with Crippen LogP contribution in [0.5, 0.6) is 11.5 Å². The topological polar surface area (TPSA) is 78.6 Å². The first-order valence-electron chi connectivity index (χ1n) is 6.28. The molecule has 3 aromatic rings. The summed E-state index contributed by atoms with van der Waals surface area (Å²) in [5, 5.41) is 28.0. The Kier molecular flexibility index (Phi) is 4.17. The fraction of sp³-hybridized carbons (Fsp3) is 0. The van der Waals surface area contributed by atoms with E-state index in [1.807, 2.05) is 24.3 Å². The van der Waals surface area contributed by atoms with Crippen LogP contribution in [0.15, 0.2) is 51.9 Å². The Balaban J connectivity index is 1.85. The van der Waals surface area contributed by atoms with Crippen LogP contribution in [0.25, 0.3) is 10.6 Å². The molecule has 0 saturated carbocycles. The van der Waals surface area contributed by atoms with Crippen molar-refractivity contribution < 1.29 is 10.2 Å². The van der Waals surface area contributed by atoms with E-state index in [1.54, 1.807) is 12.3 Å². The molecular weight excluding hydrogens is 366 g/mol. The number of rotatable bonds is 3. The minimum atomic E-state index is -0.189. The van der Waals surface area contributed by atoms with Gasteiger partial charge in [-0.05, 0) is 24.3 Å². The Morgan fingerprint density at radius 2 is 1.86 bits per heavy atom. The number of aromatic nitrogens is 2. The van der Waals surface area contributed by atoms with E-state index in [-0.39, 0.29) is 11.5 Å². The van der Waals surface area contributed by atoms with Crippen molar-refractivity contribution in [3.05, 3.63) is 52.5 Å². The van der Waals surface area contributed by atoms with Crippen LogP contribution in [-0.2, 0) is 0 Å². The summed E-state index contributed by atoms with van der Waals surface area (Å²) in [6.45, 7) is 0. The lowest BCUT2D eigenvalue weighted by Gasteiger charge is -1.98. The Morgan fingerprint density at radius 1 is 1.05 bits per heavy atom. The van der Waals surface area contributed by atoms with E-state index < -0.39 is 0 Å². The van der Waals surface area contributed by atoms with Gasteiger partial charge in [-0.15, -0.1) is 10.2 Å². The van der Waals surface area contributed by atoms with Gasteiger partial charge in [0.25, 0.3) is 0 Å². The molecule has 0 unspecified atom stereocenters. The number of hydrogen-bond donors (Lipinski definition) is 2. The van der Waals surface area contributed by atoms with Crippen molar-refractivity contribution in [3.8, 4) is 22.1 Å². The lowest BCUT2D eigenvalue weighted by molar-refractivity contribution is 0.404. The van der Waals surface area contributed by atoms with Gasteiger partial charge in [0, 0.05) is 21.8 Å². The van der Waals surface area contributed by atoms with Crippen LogP contribution in [0.4, 0.5) is 5.13 Å². The quantitative estimate of drug-likeness (QED) is 0.532. The van der Waals surface area contributed by atoms with Crippen molar-refractivity contribution >= 4 is 38.6 Å². The van der Waals surface area contributed by atoms with Crippen LogP contribution in [0, 0.1) is 0 Å². The number of phenolic OH excluding ortho intramolecular Hbond substituents is 2. The smallest absolute Gasteiger partial charge is 0.231 e. The van der Waals surface area contributed by atoms with E-state index in [4.69, 9.17) is 0 Å². The van der Waals surface area contributed by atoms with Crippen molar-refractivity contribution in [2.75, 3.05) is 0 Å². The van der Waals surface area contributed by atoms with Gasteiger partial charge in [-0.3, -0.25) is 0 Å². The molecule has 0 bridgehead atoms. The van der Waals surface area contributed by atoms with Gasteiger partial charge >= 0.3 is 0 Å². The molecule has 0 saturated heterocycles. The van der Waals surface area contributed by atoms with Gasteiger partial charge in [-0.2, -0.15) is 0 Å². The Labute approximate surface area is 138 Å². The summed E-state index contributed by atoms with van der Waals surface area (Å²) in [4.78, 5) is 4.30. The lowest BCUT2D eigenvalue weighted by atomic mass is 10.2. The molecule has 0 aliphatic carbocycles. The van der Waals surface area contributed by atoms with Crippen LogP contribution in [-0.4, -0.2) is 26.6 Å². The van der Waals surface area contributed by atoms with E-state index in [0.717, 1.165) is 10.0 Å². The van der Waals surface area contributed by atoms with Crippen LogP contribution >= 0.6 is 27.3 Å². The third kappa shape index (κ3) is 3.15. The summed E-state index contributed by atoms with van der Waals surface area (Å²) >= 11 is 4.75. The molecule has 3 rings (SSSR count). The molecule has 110 valence electrons. The highest BCUT2D eigenvalue weighted by Crippen LogP contribution is 2.33. The summed E-state index contributed by atoms with van der Waals surface area (Å²) in [7, 11) is 0. The number of hydrogen-bond acceptors (Lipinski definition) is 6. The van der Waals surface area contributed by atoms with Crippen LogP contribution in [0.2, 0.25) is 0 Å². The molecule has 0 atom stereocenters. The van der Waals surface area contributed by atoms with Gasteiger partial charge in [0.05, 0.1) is 0 Å². The molecular formula is C15H10BrN3O2S. The number of halogens is 1. The maximum atomic E-state index is 9.52. The van der Waals surface area contributed by atoms with E-state index in [0.29, 0.717) is 15.7 Å². The molecule has 7 heteroatoms. The second-order valence-corrected chi connectivity index (χ2v) is 6.18. The maximum Gasteiger partial charge on any atom is 0.231 e. The number of benzene rings is 2. The lowest BCUT2D eigenvalue weighted by Crippen LogP contribution is -1.81. The zero-order valence-corrected chi connectivity index (χ0v) is 13.5. The van der Waals surface area contributed by atoms with Gasteiger partial charge in [-0.25, -0.2) is 4.99 Å². The molecule has 0 radical (unpaired) electrons. The molecule has 0 amide bonds. The molecule has 0 aliphatic heterocycles. The van der Waals surface area contributed by atoms with Crippen LogP contribution in [0.1, 0.15) is 5.56 Å². The standard InChI is InChI=1S/C15H10BrN3O2S/c16-11-4-2-1-3-10(11)8-17-15-19-18-14(22-15)9-5-6-12(20)13(21)7-9/h1-8,20-21H. The molecule has 0 spiro atoms. The second kappa shape index (κ2) is 6.25. The van der Waals surface area contributed by atoms with Crippen molar-refractivity contribution in [2.45, 2.75) is 0 Å². The van der Waals surface area contributed by atoms with E-state index in [2.05, 4.69) is 31.1 Å². The largest absolute Gasteiger partial charge is 0.504 e. The minimum Gasteiger partial charge on any atom is -0.504 e. The van der Waals surface area contributed by atoms with Gasteiger partial charge in [-0.1, -0.05) is 45.5 Å². The van der Waals surface area contributed by atoms with E-state index >= 15 is 0 Å². The van der Waals surface area contributed by atoms with Crippen LogP contribution in [0.3, 0.4) is 0 Å². The molecule has 1 heterocycles. The van der Waals surface area contributed by atoms with Gasteiger partial charge in [0.1, 0.15) is 5.01 Å². The molecule has 2 aromatic carbocycles.